The van der Waals surface area contributed by atoms with E-state index in [9.17, 15) is 15.2 Å². The van der Waals surface area contributed by atoms with Gasteiger partial charge in [0.25, 0.3) is 0 Å². The van der Waals surface area contributed by atoms with Gasteiger partial charge in [-0.15, -0.1) is 0 Å². The van der Waals surface area contributed by atoms with Crippen molar-refractivity contribution in [3.05, 3.63) is 35.9 Å². The van der Waals surface area contributed by atoms with Gasteiger partial charge >= 0.3 is 5.97 Å². The van der Waals surface area contributed by atoms with Gasteiger partial charge in [-0.25, -0.2) is 0 Å². The highest BCUT2D eigenvalue weighted by molar-refractivity contribution is 5.79. The Morgan fingerprint density at radius 3 is 2.75 bits per heavy atom. The van der Waals surface area contributed by atoms with E-state index >= 15 is 0 Å². The number of rotatable bonds is 3. The van der Waals surface area contributed by atoms with Gasteiger partial charge in [0, 0.05) is 24.5 Å². The highest BCUT2D eigenvalue weighted by Gasteiger charge is 2.60. The van der Waals surface area contributed by atoms with Gasteiger partial charge in [-0.05, 0) is 18.4 Å². The van der Waals surface area contributed by atoms with Crippen molar-refractivity contribution >= 4 is 5.97 Å². The van der Waals surface area contributed by atoms with Crippen molar-refractivity contribution in [2.24, 2.45) is 11.3 Å². The van der Waals surface area contributed by atoms with Gasteiger partial charge in [0.1, 0.15) is 0 Å². The first-order chi connectivity index (χ1) is 9.58. The Hall–Kier alpha value is -1.86. The molecule has 0 aromatic heterocycles. The zero-order chi connectivity index (χ0) is 14.3. The Balaban J connectivity index is 1.79. The van der Waals surface area contributed by atoms with Crippen LogP contribution in [0.4, 0.5) is 0 Å². The molecule has 4 unspecified atom stereocenters. The van der Waals surface area contributed by atoms with E-state index in [4.69, 9.17) is 0 Å². The average Bonchev–Trinajstić information content (AvgIpc) is 2.45. The lowest BCUT2D eigenvalue weighted by molar-refractivity contribution is -0.169. The zero-order valence-corrected chi connectivity index (χ0v) is 11.5. The normalized spacial score (nSPS) is 35.9. The number of carbonyl (C=O) groups is 1. The van der Waals surface area contributed by atoms with Gasteiger partial charge in [0.15, 0.2) is 5.41 Å². The molecule has 2 fully saturated rings. The summed E-state index contributed by atoms with van der Waals surface area (Å²) in [7, 11) is 0. The van der Waals surface area contributed by atoms with Gasteiger partial charge in [0.2, 0.25) is 0 Å². The molecule has 4 atom stereocenters. The van der Waals surface area contributed by atoms with E-state index in [1.165, 1.54) is 5.56 Å². The Bertz CT molecular complexity index is 566. The number of aliphatic carboxylic acids is 1. The molecule has 1 N–H and O–H groups in total. The largest absolute Gasteiger partial charge is 0.480 e. The first kappa shape index (κ1) is 13.1. The lowest BCUT2D eigenvalue weighted by Crippen LogP contribution is -2.68. The van der Waals surface area contributed by atoms with Crippen LogP contribution in [0.2, 0.25) is 0 Å². The molecule has 1 aromatic carbocycles. The van der Waals surface area contributed by atoms with Crippen LogP contribution in [-0.4, -0.2) is 28.1 Å². The minimum Gasteiger partial charge on any atom is -0.480 e. The van der Waals surface area contributed by atoms with Crippen molar-refractivity contribution in [2.45, 2.75) is 38.4 Å². The molecule has 4 heteroatoms. The molecule has 2 bridgehead atoms. The number of hydrogen-bond acceptors (Lipinski definition) is 3. The van der Waals surface area contributed by atoms with Crippen LogP contribution in [0.5, 0.6) is 0 Å². The monoisotopic (exact) mass is 270 g/mol. The van der Waals surface area contributed by atoms with E-state index in [1.807, 2.05) is 25.1 Å². The van der Waals surface area contributed by atoms with Crippen molar-refractivity contribution in [1.82, 2.24) is 4.90 Å². The minimum atomic E-state index is -1.19. The summed E-state index contributed by atoms with van der Waals surface area (Å²) in [6.07, 6.45) is 1.47. The smallest absolute Gasteiger partial charge is 0.324 e. The van der Waals surface area contributed by atoms with E-state index in [0.717, 1.165) is 13.0 Å². The Morgan fingerprint density at radius 1 is 1.50 bits per heavy atom. The van der Waals surface area contributed by atoms with E-state index < -0.39 is 11.4 Å². The molecule has 3 rings (SSSR count). The number of carboxylic acid groups (broad SMARTS) is 1. The predicted octanol–water partition coefficient (Wildman–Crippen LogP) is 2.26. The molecular weight excluding hydrogens is 252 g/mol. The molecule has 1 aromatic rings. The Morgan fingerprint density at radius 2 is 2.20 bits per heavy atom. The Labute approximate surface area is 118 Å². The van der Waals surface area contributed by atoms with Crippen LogP contribution in [0.15, 0.2) is 30.3 Å². The maximum Gasteiger partial charge on any atom is 0.324 e. The highest BCUT2D eigenvalue weighted by atomic mass is 16.4. The quantitative estimate of drug-likeness (QED) is 0.915. The number of benzene rings is 1. The van der Waals surface area contributed by atoms with Crippen molar-refractivity contribution < 1.29 is 9.90 Å². The van der Waals surface area contributed by atoms with Crippen molar-refractivity contribution in [3.8, 4) is 6.07 Å². The molecule has 20 heavy (non-hydrogen) atoms. The van der Waals surface area contributed by atoms with Crippen molar-refractivity contribution in [2.75, 3.05) is 0 Å². The lowest BCUT2D eigenvalue weighted by Gasteiger charge is -2.60. The molecule has 1 aliphatic heterocycles. The summed E-state index contributed by atoms with van der Waals surface area (Å²) < 4.78 is 0. The third-order valence-corrected chi connectivity index (χ3v) is 5.11. The van der Waals surface area contributed by atoms with Crippen LogP contribution in [-0.2, 0) is 11.3 Å². The number of hydrogen-bond donors (Lipinski definition) is 1. The number of piperidine rings is 1. The van der Waals surface area contributed by atoms with Crippen LogP contribution < -0.4 is 0 Å². The third kappa shape index (κ3) is 1.74. The molecule has 1 aliphatic carbocycles. The predicted molar refractivity (Wildman–Crippen MR) is 73.6 cm³/mol. The summed E-state index contributed by atoms with van der Waals surface area (Å²) >= 11 is 0. The number of nitriles is 1. The van der Waals surface area contributed by atoms with Gasteiger partial charge in [0.05, 0.1) is 6.07 Å². The first-order valence-corrected chi connectivity index (χ1v) is 7.03. The average molecular weight is 270 g/mol. The molecule has 104 valence electrons. The van der Waals surface area contributed by atoms with Crippen LogP contribution in [0.3, 0.4) is 0 Å². The molecular formula is C16H18N2O2. The minimum absolute atomic E-state index is 0.126. The SMILES string of the molecule is CC1C2CC(CC1(C#N)C(=O)O)N2Cc1ccccc1. The fraction of sp³-hybridized carbons (Fsp3) is 0.500. The summed E-state index contributed by atoms with van der Waals surface area (Å²) in [5, 5.41) is 18.8. The number of fused-ring (bicyclic) bond motifs is 2. The van der Waals surface area contributed by atoms with Gasteiger partial charge in [-0.1, -0.05) is 37.3 Å². The number of nitrogens with zero attached hydrogens (tertiary/aromatic N) is 2. The highest BCUT2D eigenvalue weighted by Crippen LogP contribution is 2.52. The molecule has 0 spiro atoms. The number of carboxylic acids is 1. The van der Waals surface area contributed by atoms with E-state index in [2.05, 4.69) is 23.1 Å². The topological polar surface area (TPSA) is 64.3 Å². The van der Waals surface area contributed by atoms with E-state index in [1.54, 1.807) is 0 Å². The zero-order valence-electron chi connectivity index (χ0n) is 11.5. The summed E-state index contributed by atoms with van der Waals surface area (Å²) in [6.45, 7) is 2.76. The number of likely N-dealkylation sites (tertiary alicyclic amines) is 1. The first-order valence-electron chi connectivity index (χ1n) is 7.03. The Kier molecular flexibility index (Phi) is 3.02. The molecule has 1 saturated carbocycles. The van der Waals surface area contributed by atoms with Crippen LogP contribution in [0.25, 0.3) is 0 Å². The molecule has 0 amide bonds. The standard InChI is InChI=1S/C16H18N2O2/c1-11-14-7-13(8-16(11,10-17)15(19)20)18(14)9-12-5-3-2-4-6-12/h2-6,11,13-14H,7-9H2,1H3,(H,19,20). The molecule has 4 nitrogen and oxygen atoms in total. The summed E-state index contributed by atoms with van der Waals surface area (Å²) in [4.78, 5) is 13.9. The molecule has 1 saturated heterocycles. The van der Waals surface area contributed by atoms with Gasteiger partial charge < -0.3 is 5.11 Å². The van der Waals surface area contributed by atoms with Gasteiger partial charge in [-0.2, -0.15) is 5.26 Å². The third-order valence-electron chi connectivity index (χ3n) is 5.11. The van der Waals surface area contributed by atoms with Crippen molar-refractivity contribution in [1.29, 1.82) is 5.26 Å². The van der Waals surface area contributed by atoms with Crippen molar-refractivity contribution in [3.63, 3.8) is 0 Å². The second-order valence-corrected chi connectivity index (χ2v) is 6.00. The second-order valence-electron chi connectivity index (χ2n) is 6.00. The molecule has 1 heterocycles. The summed E-state index contributed by atoms with van der Waals surface area (Å²) in [5.41, 5.74) is 0.0509. The lowest BCUT2D eigenvalue weighted by atomic mass is 9.58. The van der Waals surface area contributed by atoms with Crippen LogP contribution in [0, 0.1) is 22.7 Å². The van der Waals surface area contributed by atoms with Gasteiger partial charge in [-0.3, -0.25) is 9.69 Å². The van der Waals surface area contributed by atoms with E-state index in [-0.39, 0.29) is 18.0 Å². The second kappa shape index (κ2) is 4.60. The fourth-order valence-electron chi connectivity index (χ4n) is 3.78. The summed E-state index contributed by atoms with van der Waals surface area (Å²) in [5.74, 6) is -1.08. The van der Waals surface area contributed by atoms with E-state index in [0.29, 0.717) is 6.42 Å². The van der Waals surface area contributed by atoms with Crippen LogP contribution in [0.1, 0.15) is 25.3 Å². The molecule has 2 aliphatic rings. The molecule has 0 radical (unpaired) electrons. The maximum absolute atomic E-state index is 11.5. The maximum atomic E-state index is 11.5. The fourth-order valence-corrected chi connectivity index (χ4v) is 3.78. The van der Waals surface area contributed by atoms with Crippen LogP contribution >= 0.6 is 0 Å². The summed E-state index contributed by atoms with van der Waals surface area (Å²) in [6, 6.07) is 12.7.